The second kappa shape index (κ2) is 10.7. The minimum atomic E-state index is -0.0350. The van der Waals surface area contributed by atoms with Crippen LogP contribution in [0.4, 0.5) is 5.69 Å². The van der Waals surface area contributed by atoms with Gasteiger partial charge in [0.2, 0.25) is 5.91 Å². The third-order valence-corrected chi connectivity index (χ3v) is 4.24. The molecule has 0 spiro atoms. The van der Waals surface area contributed by atoms with E-state index < -0.39 is 0 Å². The van der Waals surface area contributed by atoms with Crippen molar-refractivity contribution in [3.63, 3.8) is 0 Å². The first kappa shape index (κ1) is 21.7. The largest absolute Gasteiger partial charge is 0.352 e. The number of hydrogen-bond acceptors (Lipinski definition) is 3. The van der Waals surface area contributed by atoms with Gasteiger partial charge in [-0.25, -0.2) is 0 Å². The molecule has 0 aliphatic carbocycles. The van der Waals surface area contributed by atoms with Crippen LogP contribution in [-0.4, -0.2) is 56.4 Å². The van der Waals surface area contributed by atoms with E-state index in [2.05, 4.69) is 15.6 Å². The molecule has 28 heavy (non-hydrogen) atoms. The number of anilines is 1. The molecule has 0 saturated heterocycles. The average Bonchev–Trinajstić information content (AvgIpc) is 2.61. The molecule has 0 bridgehead atoms. The van der Waals surface area contributed by atoms with Gasteiger partial charge >= 0.3 is 0 Å². The number of nitrogens with one attached hydrogen (secondary N) is 2. The molecule has 0 aromatic heterocycles. The first-order chi connectivity index (χ1) is 13.4. The Morgan fingerprint density at radius 1 is 1.07 bits per heavy atom. The van der Waals surface area contributed by atoms with Crippen molar-refractivity contribution in [2.75, 3.05) is 40.1 Å². The first-order valence-corrected chi connectivity index (χ1v) is 9.45. The van der Waals surface area contributed by atoms with Gasteiger partial charge in [-0.05, 0) is 49.5 Å². The molecule has 0 aliphatic rings. The number of benzene rings is 2. The number of likely N-dealkylation sites (N-methyl/N-ethyl adjacent to an activating group) is 1. The van der Waals surface area contributed by atoms with Crippen LogP contribution in [0.5, 0.6) is 0 Å². The van der Waals surface area contributed by atoms with E-state index in [1.807, 2.05) is 79.5 Å². The maximum absolute atomic E-state index is 11.9. The van der Waals surface area contributed by atoms with Gasteiger partial charge in [-0.2, -0.15) is 0 Å². The van der Waals surface area contributed by atoms with Crippen molar-refractivity contribution in [2.24, 2.45) is 4.99 Å². The molecule has 2 N–H and O–H groups in total. The molecule has 0 radical (unpaired) electrons. The highest BCUT2D eigenvalue weighted by molar-refractivity contribution is 6.30. The predicted molar refractivity (Wildman–Crippen MR) is 117 cm³/mol. The number of guanidine groups is 1. The number of nitrogens with zero attached hydrogens (tertiary/aromatic N) is 3. The Hall–Kier alpha value is -2.57. The summed E-state index contributed by atoms with van der Waals surface area (Å²) < 4.78 is 0. The van der Waals surface area contributed by atoms with E-state index in [4.69, 9.17) is 11.6 Å². The lowest BCUT2D eigenvalue weighted by atomic mass is 10.2. The maximum atomic E-state index is 11.9. The second-order valence-electron chi connectivity index (χ2n) is 6.87. The van der Waals surface area contributed by atoms with Crippen LogP contribution in [-0.2, 0) is 17.9 Å². The van der Waals surface area contributed by atoms with Gasteiger partial charge in [0.25, 0.3) is 0 Å². The van der Waals surface area contributed by atoms with Crippen molar-refractivity contribution in [2.45, 2.75) is 13.1 Å². The van der Waals surface area contributed by atoms with Gasteiger partial charge in [-0.3, -0.25) is 9.79 Å². The highest BCUT2D eigenvalue weighted by Gasteiger charge is 2.08. The number of carbonyl (C=O) groups excluding carboxylic acids is 1. The summed E-state index contributed by atoms with van der Waals surface area (Å²) in [5, 5.41) is 6.99. The minimum absolute atomic E-state index is 0.0350. The molecule has 0 saturated carbocycles. The Kier molecular flexibility index (Phi) is 8.29. The van der Waals surface area contributed by atoms with Crippen molar-refractivity contribution >= 4 is 29.2 Å². The topological polar surface area (TPSA) is 60.0 Å². The Bertz CT molecular complexity index is 822. The zero-order valence-corrected chi connectivity index (χ0v) is 17.6. The SMILES string of the molecule is CN=C(NCc1cccc(NC(=O)CN(C)C)c1)N(C)Cc1cccc(Cl)c1. The second-order valence-corrected chi connectivity index (χ2v) is 7.31. The Morgan fingerprint density at radius 3 is 2.46 bits per heavy atom. The average molecular weight is 402 g/mol. The van der Waals surface area contributed by atoms with Gasteiger partial charge in [0.1, 0.15) is 0 Å². The Balaban J connectivity index is 1.94. The van der Waals surface area contributed by atoms with Crippen molar-refractivity contribution in [3.8, 4) is 0 Å². The summed E-state index contributed by atoms with van der Waals surface area (Å²) in [5.74, 6) is 0.745. The van der Waals surface area contributed by atoms with Gasteiger partial charge < -0.3 is 20.4 Å². The quantitative estimate of drug-likeness (QED) is 0.553. The van der Waals surface area contributed by atoms with Crippen molar-refractivity contribution in [1.29, 1.82) is 0 Å². The molecule has 0 aliphatic heterocycles. The molecule has 0 fully saturated rings. The van der Waals surface area contributed by atoms with Crippen molar-refractivity contribution in [3.05, 3.63) is 64.7 Å². The first-order valence-electron chi connectivity index (χ1n) is 9.07. The van der Waals surface area contributed by atoms with Crippen molar-refractivity contribution in [1.82, 2.24) is 15.1 Å². The third kappa shape index (κ3) is 7.21. The summed E-state index contributed by atoms with van der Waals surface area (Å²) in [5.41, 5.74) is 2.96. The summed E-state index contributed by atoms with van der Waals surface area (Å²) in [4.78, 5) is 20.1. The molecule has 7 heteroatoms. The van der Waals surface area contributed by atoms with Crippen LogP contribution in [0.2, 0.25) is 5.02 Å². The number of hydrogen-bond donors (Lipinski definition) is 2. The fraction of sp³-hybridized carbons (Fsp3) is 0.333. The summed E-state index contributed by atoms with van der Waals surface area (Å²) in [6.45, 7) is 1.65. The maximum Gasteiger partial charge on any atom is 0.238 e. The van der Waals surface area contributed by atoms with Crippen LogP contribution in [0.1, 0.15) is 11.1 Å². The lowest BCUT2D eigenvalue weighted by Gasteiger charge is -2.22. The standard InChI is InChI=1S/C21H28ClN5O/c1-23-21(27(4)14-17-8-5-9-18(22)11-17)24-13-16-7-6-10-19(12-16)25-20(28)15-26(2)3/h5-12H,13-15H2,1-4H3,(H,23,24)(H,25,28). The molecule has 150 valence electrons. The van der Waals surface area contributed by atoms with Gasteiger partial charge in [0, 0.05) is 37.9 Å². The van der Waals surface area contributed by atoms with Gasteiger partial charge in [-0.1, -0.05) is 35.9 Å². The summed E-state index contributed by atoms with van der Waals surface area (Å²) in [6.07, 6.45) is 0. The lowest BCUT2D eigenvalue weighted by molar-refractivity contribution is -0.116. The summed E-state index contributed by atoms with van der Waals surface area (Å²) >= 11 is 6.06. The molecule has 2 aromatic carbocycles. The van der Waals surface area contributed by atoms with E-state index in [1.54, 1.807) is 7.05 Å². The number of halogens is 1. The smallest absolute Gasteiger partial charge is 0.238 e. The van der Waals surface area contributed by atoms with Gasteiger partial charge in [0.05, 0.1) is 6.54 Å². The number of aliphatic imine (C=N–C) groups is 1. The monoisotopic (exact) mass is 401 g/mol. The third-order valence-electron chi connectivity index (χ3n) is 4.00. The van der Waals surface area contributed by atoms with E-state index in [-0.39, 0.29) is 5.91 Å². The highest BCUT2D eigenvalue weighted by Crippen LogP contribution is 2.13. The van der Waals surface area contributed by atoms with Crippen LogP contribution in [0.25, 0.3) is 0 Å². The molecular weight excluding hydrogens is 374 g/mol. The van der Waals surface area contributed by atoms with Crippen LogP contribution in [0, 0.1) is 0 Å². The Morgan fingerprint density at radius 2 is 1.79 bits per heavy atom. The molecule has 0 unspecified atom stereocenters. The fourth-order valence-corrected chi connectivity index (χ4v) is 3.01. The van der Waals surface area contributed by atoms with Gasteiger partial charge in [0.15, 0.2) is 5.96 Å². The van der Waals surface area contributed by atoms with Crippen LogP contribution >= 0.6 is 11.6 Å². The normalized spacial score (nSPS) is 11.4. The molecule has 6 nitrogen and oxygen atoms in total. The molecule has 1 amide bonds. The predicted octanol–water partition coefficient (Wildman–Crippen LogP) is 3.05. The Labute approximate surface area is 172 Å². The lowest BCUT2D eigenvalue weighted by Crippen LogP contribution is -2.38. The highest BCUT2D eigenvalue weighted by atomic mass is 35.5. The van der Waals surface area contributed by atoms with E-state index in [0.29, 0.717) is 19.6 Å². The molecular formula is C21H28ClN5O. The fourth-order valence-electron chi connectivity index (χ4n) is 2.80. The van der Waals surface area contributed by atoms with Gasteiger partial charge in [-0.15, -0.1) is 0 Å². The van der Waals surface area contributed by atoms with E-state index in [0.717, 1.165) is 27.8 Å². The number of carbonyl (C=O) groups is 1. The number of rotatable bonds is 7. The van der Waals surface area contributed by atoms with E-state index in [9.17, 15) is 4.79 Å². The van der Waals surface area contributed by atoms with E-state index in [1.165, 1.54) is 0 Å². The summed E-state index contributed by atoms with van der Waals surface area (Å²) in [7, 11) is 7.47. The van der Waals surface area contributed by atoms with E-state index >= 15 is 0 Å². The molecule has 2 rings (SSSR count). The zero-order chi connectivity index (χ0) is 20.5. The molecule has 0 heterocycles. The zero-order valence-electron chi connectivity index (χ0n) is 16.9. The molecule has 0 atom stereocenters. The van der Waals surface area contributed by atoms with Crippen LogP contribution in [0.15, 0.2) is 53.5 Å². The van der Waals surface area contributed by atoms with Crippen LogP contribution < -0.4 is 10.6 Å². The van der Waals surface area contributed by atoms with Crippen LogP contribution in [0.3, 0.4) is 0 Å². The molecule has 2 aromatic rings. The van der Waals surface area contributed by atoms with Crippen molar-refractivity contribution < 1.29 is 4.79 Å². The number of amides is 1. The minimum Gasteiger partial charge on any atom is -0.352 e. The summed E-state index contributed by atoms with van der Waals surface area (Å²) in [6, 6.07) is 15.6.